The number of hydrogen-bond donors (Lipinski definition) is 1. The summed E-state index contributed by atoms with van der Waals surface area (Å²) in [5.41, 5.74) is 6.18. The van der Waals surface area contributed by atoms with Crippen LogP contribution in [0.3, 0.4) is 0 Å². The summed E-state index contributed by atoms with van der Waals surface area (Å²) in [7, 11) is 2.23. The Morgan fingerprint density at radius 3 is 2.41 bits per heavy atom. The summed E-state index contributed by atoms with van der Waals surface area (Å²) in [6.07, 6.45) is 10.0. The molecule has 0 aromatic rings. The Morgan fingerprint density at radius 1 is 1.18 bits per heavy atom. The van der Waals surface area contributed by atoms with Gasteiger partial charge in [0.1, 0.15) is 0 Å². The van der Waals surface area contributed by atoms with Crippen molar-refractivity contribution in [2.75, 3.05) is 32.1 Å². The van der Waals surface area contributed by atoms with E-state index in [-0.39, 0.29) is 5.54 Å². The summed E-state index contributed by atoms with van der Waals surface area (Å²) in [5, 5.41) is 0. The van der Waals surface area contributed by atoms with Crippen LogP contribution < -0.4 is 5.73 Å². The fraction of sp³-hybridized carbons (Fsp3) is 1.00. The third kappa shape index (κ3) is 7.32. The molecule has 0 rings (SSSR count). The van der Waals surface area contributed by atoms with Crippen molar-refractivity contribution in [1.29, 1.82) is 0 Å². The minimum absolute atomic E-state index is 0.201. The minimum Gasteiger partial charge on any atom is -0.329 e. The molecule has 3 heteroatoms. The molecule has 0 aromatic heterocycles. The standard InChI is InChI=1S/C14H32N2S/c1-5-6-7-8-10-14(2,13-15)16(3)11-9-12-17-4/h5-13,15H2,1-4H3. The Hall–Kier alpha value is 0.270. The van der Waals surface area contributed by atoms with Crippen molar-refractivity contribution in [3.63, 3.8) is 0 Å². The zero-order valence-electron chi connectivity index (χ0n) is 12.3. The Bertz CT molecular complexity index is 176. The van der Waals surface area contributed by atoms with Gasteiger partial charge in [0.15, 0.2) is 0 Å². The van der Waals surface area contributed by atoms with Gasteiger partial charge in [-0.3, -0.25) is 4.90 Å². The normalized spacial score (nSPS) is 15.2. The molecule has 0 aliphatic carbocycles. The highest BCUT2D eigenvalue weighted by molar-refractivity contribution is 7.98. The predicted octanol–water partition coefficient (Wildman–Crippen LogP) is 3.36. The maximum absolute atomic E-state index is 5.98. The quantitative estimate of drug-likeness (QED) is 0.578. The van der Waals surface area contributed by atoms with E-state index in [1.54, 1.807) is 0 Å². The van der Waals surface area contributed by atoms with Crippen LogP contribution in [-0.4, -0.2) is 42.6 Å². The van der Waals surface area contributed by atoms with Gasteiger partial charge in [-0.25, -0.2) is 0 Å². The first kappa shape index (κ1) is 17.3. The number of likely N-dealkylation sites (N-methyl/N-ethyl adjacent to an activating group) is 1. The molecule has 0 spiro atoms. The molecule has 1 unspecified atom stereocenters. The SMILES string of the molecule is CCCCCCC(C)(CN)N(C)CCCSC. The minimum atomic E-state index is 0.201. The average Bonchev–Trinajstić information content (AvgIpc) is 2.34. The van der Waals surface area contributed by atoms with Crippen LogP contribution in [0.1, 0.15) is 52.4 Å². The largest absolute Gasteiger partial charge is 0.329 e. The number of thioether (sulfide) groups is 1. The highest BCUT2D eigenvalue weighted by atomic mass is 32.2. The van der Waals surface area contributed by atoms with E-state index in [2.05, 4.69) is 32.1 Å². The molecular weight excluding hydrogens is 228 g/mol. The summed E-state index contributed by atoms with van der Waals surface area (Å²) in [4.78, 5) is 2.47. The molecule has 0 aliphatic heterocycles. The first-order chi connectivity index (χ1) is 8.10. The second-order valence-electron chi connectivity index (χ2n) is 5.28. The molecule has 0 saturated carbocycles. The lowest BCUT2D eigenvalue weighted by Gasteiger charge is -2.38. The van der Waals surface area contributed by atoms with Crippen molar-refractivity contribution in [1.82, 2.24) is 4.90 Å². The van der Waals surface area contributed by atoms with Crippen LogP contribution in [-0.2, 0) is 0 Å². The van der Waals surface area contributed by atoms with Crippen LogP contribution in [0.4, 0.5) is 0 Å². The van der Waals surface area contributed by atoms with Gasteiger partial charge >= 0.3 is 0 Å². The van der Waals surface area contributed by atoms with E-state index in [1.807, 2.05) is 11.8 Å². The topological polar surface area (TPSA) is 29.3 Å². The number of hydrogen-bond acceptors (Lipinski definition) is 3. The fourth-order valence-corrected chi connectivity index (χ4v) is 2.52. The van der Waals surface area contributed by atoms with Gasteiger partial charge in [-0.2, -0.15) is 11.8 Å². The molecule has 0 heterocycles. The average molecular weight is 260 g/mol. The maximum atomic E-state index is 5.98. The molecular formula is C14H32N2S. The van der Waals surface area contributed by atoms with Crippen molar-refractivity contribution >= 4 is 11.8 Å². The summed E-state index contributed by atoms with van der Waals surface area (Å²) in [6, 6.07) is 0. The molecule has 0 aliphatic rings. The summed E-state index contributed by atoms with van der Waals surface area (Å²) in [5.74, 6) is 1.25. The van der Waals surface area contributed by atoms with Crippen molar-refractivity contribution in [3.8, 4) is 0 Å². The molecule has 104 valence electrons. The van der Waals surface area contributed by atoms with Crippen molar-refractivity contribution in [2.24, 2.45) is 5.73 Å². The Labute approximate surface area is 113 Å². The first-order valence-electron chi connectivity index (χ1n) is 7.01. The molecule has 0 fully saturated rings. The van der Waals surface area contributed by atoms with E-state index in [9.17, 15) is 0 Å². The van der Waals surface area contributed by atoms with Crippen LogP contribution in [0.2, 0.25) is 0 Å². The van der Waals surface area contributed by atoms with E-state index in [0.717, 1.165) is 6.54 Å². The molecule has 2 nitrogen and oxygen atoms in total. The van der Waals surface area contributed by atoms with Gasteiger partial charge in [0.05, 0.1) is 0 Å². The first-order valence-corrected chi connectivity index (χ1v) is 8.40. The number of nitrogens with zero attached hydrogens (tertiary/aromatic N) is 1. The smallest absolute Gasteiger partial charge is 0.0300 e. The van der Waals surface area contributed by atoms with E-state index >= 15 is 0 Å². The highest BCUT2D eigenvalue weighted by Gasteiger charge is 2.26. The van der Waals surface area contributed by atoms with E-state index in [0.29, 0.717) is 0 Å². The zero-order valence-corrected chi connectivity index (χ0v) is 13.1. The van der Waals surface area contributed by atoms with E-state index < -0.39 is 0 Å². The van der Waals surface area contributed by atoms with Crippen LogP contribution in [0.5, 0.6) is 0 Å². The molecule has 0 radical (unpaired) electrons. The molecule has 2 N–H and O–H groups in total. The third-order valence-corrected chi connectivity index (χ3v) is 4.47. The van der Waals surface area contributed by atoms with Gasteiger partial charge in [0, 0.05) is 12.1 Å². The lowest BCUT2D eigenvalue weighted by molar-refractivity contribution is 0.131. The highest BCUT2D eigenvalue weighted by Crippen LogP contribution is 2.21. The van der Waals surface area contributed by atoms with Crippen LogP contribution >= 0.6 is 11.8 Å². The van der Waals surface area contributed by atoms with Gasteiger partial charge in [0.25, 0.3) is 0 Å². The summed E-state index contributed by atoms with van der Waals surface area (Å²) >= 11 is 1.93. The van der Waals surface area contributed by atoms with Gasteiger partial charge in [0.2, 0.25) is 0 Å². The lowest BCUT2D eigenvalue weighted by Crippen LogP contribution is -2.50. The summed E-state index contributed by atoms with van der Waals surface area (Å²) < 4.78 is 0. The van der Waals surface area contributed by atoms with Crippen molar-refractivity contribution < 1.29 is 0 Å². The molecule has 0 aromatic carbocycles. The van der Waals surface area contributed by atoms with Crippen molar-refractivity contribution in [3.05, 3.63) is 0 Å². The van der Waals surface area contributed by atoms with Gasteiger partial charge < -0.3 is 5.73 Å². The number of unbranched alkanes of at least 4 members (excludes halogenated alkanes) is 3. The molecule has 0 bridgehead atoms. The molecule has 17 heavy (non-hydrogen) atoms. The molecule has 0 amide bonds. The predicted molar refractivity (Wildman–Crippen MR) is 81.8 cm³/mol. The molecule has 1 atom stereocenters. The van der Waals surface area contributed by atoms with E-state index in [4.69, 9.17) is 5.73 Å². The molecule has 0 saturated heterocycles. The van der Waals surface area contributed by atoms with Crippen LogP contribution in [0.15, 0.2) is 0 Å². The van der Waals surface area contributed by atoms with Crippen LogP contribution in [0.25, 0.3) is 0 Å². The monoisotopic (exact) mass is 260 g/mol. The number of nitrogens with two attached hydrogens (primary N) is 1. The second-order valence-corrected chi connectivity index (χ2v) is 6.27. The van der Waals surface area contributed by atoms with Gasteiger partial charge in [-0.15, -0.1) is 0 Å². The zero-order chi connectivity index (χ0) is 13.1. The van der Waals surface area contributed by atoms with Gasteiger partial charge in [-0.05, 0) is 45.4 Å². The Morgan fingerprint density at radius 2 is 1.88 bits per heavy atom. The summed E-state index contributed by atoms with van der Waals surface area (Å²) in [6.45, 7) is 6.52. The van der Waals surface area contributed by atoms with Gasteiger partial charge in [-0.1, -0.05) is 32.6 Å². The third-order valence-electron chi connectivity index (χ3n) is 3.77. The Balaban J connectivity index is 3.96. The lowest BCUT2D eigenvalue weighted by atomic mass is 9.92. The van der Waals surface area contributed by atoms with Crippen LogP contribution in [0, 0.1) is 0 Å². The fourth-order valence-electron chi connectivity index (χ4n) is 2.10. The maximum Gasteiger partial charge on any atom is 0.0300 e. The second kappa shape index (κ2) is 10.2. The van der Waals surface area contributed by atoms with Crippen molar-refractivity contribution in [2.45, 2.75) is 57.9 Å². The van der Waals surface area contributed by atoms with E-state index in [1.165, 1.54) is 50.8 Å². The number of rotatable bonds is 11. The Kier molecular flexibility index (Phi) is 10.4.